The number of benzene rings is 2. The number of nitrogens with zero attached hydrogens (tertiary/aromatic N) is 1. The van der Waals surface area contributed by atoms with Gasteiger partial charge in [0.25, 0.3) is 5.91 Å². The van der Waals surface area contributed by atoms with E-state index in [2.05, 4.69) is 10.3 Å². The molecule has 1 N–H and O–H groups in total. The second-order valence-electron chi connectivity index (χ2n) is 5.54. The van der Waals surface area contributed by atoms with Gasteiger partial charge in [-0.25, -0.2) is 9.18 Å². The maximum Gasteiger partial charge on any atom is 0.331 e. The van der Waals surface area contributed by atoms with Gasteiger partial charge in [0, 0.05) is 23.2 Å². The Bertz CT molecular complexity index is 1030. The largest absolute Gasteiger partial charge is 0.452 e. The predicted octanol–water partition coefficient (Wildman–Crippen LogP) is 4.22. The molecule has 0 aliphatic rings. The van der Waals surface area contributed by atoms with Gasteiger partial charge in [-0.05, 0) is 30.3 Å². The second-order valence-corrected chi connectivity index (χ2v) is 5.94. The minimum atomic E-state index is -0.678. The van der Waals surface area contributed by atoms with Crippen LogP contribution in [0.4, 0.5) is 10.1 Å². The fraction of sp³-hybridized carbons (Fsp3) is 0.0500. The zero-order valence-electron chi connectivity index (χ0n) is 14.0. The zero-order chi connectivity index (χ0) is 19.2. The summed E-state index contributed by atoms with van der Waals surface area (Å²) in [6.45, 7) is -0.495. The van der Waals surface area contributed by atoms with Gasteiger partial charge in [-0.1, -0.05) is 35.9 Å². The van der Waals surface area contributed by atoms with E-state index in [4.69, 9.17) is 16.3 Å². The van der Waals surface area contributed by atoms with Crippen molar-refractivity contribution < 1.29 is 18.7 Å². The van der Waals surface area contributed by atoms with Crippen LogP contribution in [0.5, 0.6) is 0 Å². The molecule has 1 amide bonds. The van der Waals surface area contributed by atoms with Crippen LogP contribution in [0.3, 0.4) is 0 Å². The number of anilines is 1. The van der Waals surface area contributed by atoms with Gasteiger partial charge in [0.15, 0.2) is 6.61 Å². The lowest BCUT2D eigenvalue weighted by atomic mass is 10.1. The molecule has 5 nitrogen and oxygen atoms in total. The summed E-state index contributed by atoms with van der Waals surface area (Å²) in [7, 11) is 0. The fourth-order valence-electron chi connectivity index (χ4n) is 2.38. The Balaban J connectivity index is 1.57. The first-order valence-electron chi connectivity index (χ1n) is 7.96. The lowest BCUT2D eigenvalue weighted by Crippen LogP contribution is -2.20. The molecule has 1 heterocycles. The van der Waals surface area contributed by atoms with Crippen molar-refractivity contribution in [1.29, 1.82) is 0 Å². The van der Waals surface area contributed by atoms with E-state index in [9.17, 15) is 14.0 Å². The molecular formula is C20H14ClFN2O3. The molecule has 27 heavy (non-hydrogen) atoms. The Morgan fingerprint density at radius 2 is 2.00 bits per heavy atom. The van der Waals surface area contributed by atoms with Crippen molar-refractivity contribution in [3.63, 3.8) is 0 Å². The van der Waals surface area contributed by atoms with Gasteiger partial charge in [0.1, 0.15) is 5.82 Å². The maximum absolute atomic E-state index is 13.0. The van der Waals surface area contributed by atoms with Crippen LogP contribution in [0.2, 0.25) is 5.02 Å². The van der Waals surface area contributed by atoms with Crippen molar-refractivity contribution >= 4 is 46.1 Å². The molecule has 136 valence electrons. The SMILES string of the molecule is O=C(COC(=O)/C=C/c1cccc2cccnc12)Nc1ccc(F)cc1Cl. The van der Waals surface area contributed by atoms with Crippen LogP contribution in [0.15, 0.2) is 60.8 Å². The first-order chi connectivity index (χ1) is 13.0. The summed E-state index contributed by atoms with van der Waals surface area (Å²) >= 11 is 5.82. The zero-order valence-corrected chi connectivity index (χ0v) is 14.7. The molecule has 0 aliphatic heterocycles. The second kappa shape index (κ2) is 8.42. The van der Waals surface area contributed by atoms with Crippen LogP contribution in [-0.4, -0.2) is 23.5 Å². The van der Waals surface area contributed by atoms with Crippen molar-refractivity contribution in [2.45, 2.75) is 0 Å². The molecule has 0 spiro atoms. The Hall–Kier alpha value is -3.25. The van der Waals surface area contributed by atoms with E-state index in [-0.39, 0.29) is 10.7 Å². The number of ether oxygens (including phenoxy) is 1. The number of hydrogen-bond acceptors (Lipinski definition) is 4. The third-order valence-corrected chi connectivity index (χ3v) is 3.93. The minimum Gasteiger partial charge on any atom is -0.452 e. The van der Waals surface area contributed by atoms with Crippen molar-refractivity contribution in [2.75, 3.05) is 11.9 Å². The number of amides is 1. The Morgan fingerprint density at radius 3 is 2.81 bits per heavy atom. The lowest BCUT2D eigenvalue weighted by molar-refractivity contribution is -0.142. The van der Waals surface area contributed by atoms with Gasteiger partial charge in [-0.2, -0.15) is 0 Å². The van der Waals surface area contributed by atoms with Gasteiger partial charge in [0.2, 0.25) is 0 Å². The van der Waals surface area contributed by atoms with Gasteiger partial charge < -0.3 is 10.1 Å². The minimum absolute atomic E-state index is 0.0537. The van der Waals surface area contributed by atoms with E-state index in [1.165, 1.54) is 12.1 Å². The van der Waals surface area contributed by atoms with Crippen molar-refractivity contribution in [3.8, 4) is 0 Å². The molecule has 3 aromatic rings. The van der Waals surface area contributed by atoms with Crippen LogP contribution < -0.4 is 5.32 Å². The smallest absolute Gasteiger partial charge is 0.331 e. The number of rotatable bonds is 5. The molecule has 0 saturated carbocycles. The lowest BCUT2D eigenvalue weighted by Gasteiger charge is -2.07. The highest BCUT2D eigenvalue weighted by molar-refractivity contribution is 6.33. The molecule has 0 saturated heterocycles. The van der Waals surface area contributed by atoms with Crippen molar-refractivity contribution in [2.24, 2.45) is 0 Å². The number of carbonyl (C=O) groups is 2. The number of carbonyl (C=O) groups excluding carboxylic acids is 2. The average Bonchev–Trinajstić information content (AvgIpc) is 2.67. The van der Waals surface area contributed by atoms with E-state index in [0.717, 1.165) is 28.6 Å². The molecule has 2 aromatic carbocycles. The van der Waals surface area contributed by atoms with Gasteiger partial charge in [0.05, 0.1) is 16.2 Å². The average molecular weight is 385 g/mol. The third kappa shape index (κ3) is 4.89. The monoisotopic (exact) mass is 384 g/mol. The van der Waals surface area contributed by atoms with E-state index >= 15 is 0 Å². The topological polar surface area (TPSA) is 68.3 Å². The number of esters is 1. The molecule has 0 unspecified atom stereocenters. The molecule has 7 heteroatoms. The highest BCUT2D eigenvalue weighted by atomic mass is 35.5. The standard InChI is InChI=1S/C20H14ClFN2O3/c21-16-11-15(22)7-8-17(16)24-18(25)12-27-19(26)9-6-14-4-1-3-13-5-2-10-23-20(13)14/h1-11H,12H2,(H,24,25)/b9-6+. The van der Waals surface area contributed by atoms with Crippen LogP contribution in [0, 0.1) is 5.82 Å². The van der Waals surface area contributed by atoms with E-state index < -0.39 is 24.3 Å². The number of halogens is 2. The molecule has 0 atom stereocenters. The summed E-state index contributed by atoms with van der Waals surface area (Å²) < 4.78 is 17.9. The quantitative estimate of drug-likeness (QED) is 0.528. The first kappa shape index (κ1) is 18.5. The van der Waals surface area contributed by atoms with Crippen molar-refractivity contribution in [1.82, 2.24) is 4.98 Å². The summed E-state index contributed by atoms with van der Waals surface area (Å²) in [6, 6.07) is 12.9. The summed E-state index contributed by atoms with van der Waals surface area (Å²) in [5.41, 5.74) is 1.75. The maximum atomic E-state index is 13.0. The fourth-order valence-corrected chi connectivity index (χ4v) is 2.60. The number of hydrogen-bond donors (Lipinski definition) is 1. The van der Waals surface area contributed by atoms with E-state index in [1.807, 2.05) is 30.3 Å². The van der Waals surface area contributed by atoms with Crippen LogP contribution in [-0.2, 0) is 14.3 Å². The van der Waals surface area contributed by atoms with Gasteiger partial charge >= 0.3 is 5.97 Å². The highest BCUT2D eigenvalue weighted by Gasteiger charge is 2.09. The van der Waals surface area contributed by atoms with Crippen LogP contribution >= 0.6 is 11.6 Å². The van der Waals surface area contributed by atoms with Gasteiger partial charge in [-0.15, -0.1) is 0 Å². The number of para-hydroxylation sites is 1. The highest BCUT2D eigenvalue weighted by Crippen LogP contribution is 2.22. The first-order valence-corrected chi connectivity index (χ1v) is 8.34. The molecule has 0 bridgehead atoms. The summed E-state index contributed by atoms with van der Waals surface area (Å²) in [4.78, 5) is 28.0. The normalized spacial score (nSPS) is 10.9. The van der Waals surface area contributed by atoms with Crippen LogP contribution in [0.25, 0.3) is 17.0 Å². The predicted molar refractivity (Wildman–Crippen MR) is 102 cm³/mol. The van der Waals surface area contributed by atoms with E-state index in [0.29, 0.717) is 0 Å². The van der Waals surface area contributed by atoms with Crippen molar-refractivity contribution in [3.05, 3.63) is 77.2 Å². The Labute approximate surface area is 159 Å². The van der Waals surface area contributed by atoms with E-state index in [1.54, 1.807) is 12.3 Å². The summed E-state index contributed by atoms with van der Waals surface area (Å²) in [6.07, 6.45) is 4.47. The molecule has 3 rings (SSSR count). The van der Waals surface area contributed by atoms with Crippen LogP contribution in [0.1, 0.15) is 5.56 Å². The number of fused-ring (bicyclic) bond motifs is 1. The number of aromatic nitrogens is 1. The molecule has 1 aromatic heterocycles. The molecule has 0 fully saturated rings. The molecule has 0 aliphatic carbocycles. The van der Waals surface area contributed by atoms with Gasteiger partial charge in [-0.3, -0.25) is 9.78 Å². The number of pyridine rings is 1. The molecule has 0 radical (unpaired) electrons. The molecular weight excluding hydrogens is 371 g/mol. The number of nitrogens with one attached hydrogen (secondary N) is 1. The summed E-state index contributed by atoms with van der Waals surface area (Å²) in [5.74, 6) is -1.78. The Kier molecular flexibility index (Phi) is 5.78. The summed E-state index contributed by atoms with van der Waals surface area (Å²) in [5, 5.41) is 3.44. The third-order valence-electron chi connectivity index (χ3n) is 3.61. The Morgan fingerprint density at radius 1 is 1.19 bits per heavy atom.